The van der Waals surface area contributed by atoms with E-state index in [1.54, 1.807) is 24.3 Å². The average Bonchev–Trinajstić information content (AvgIpc) is 2.63. The quantitative estimate of drug-likeness (QED) is 0.573. The van der Waals surface area contributed by atoms with E-state index in [2.05, 4.69) is 31.9 Å². The summed E-state index contributed by atoms with van der Waals surface area (Å²) >= 11 is 3.30. The van der Waals surface area contributed by atoms with Crippen LogP contribution in [0.5, 0.6) is 0 Å². The molecule has 9 heteroatoms. The molecule has 0 aromatic heterocycles. The Bertz CT molecular complexity index is 860. The van der Waals surface area contributed by atoms with E-state index in [9.17, 15) is 23.2 Å². The van der Waals surface area contributed by atoms with Crippen molar-refractivity contribution in [2.45, 2.75) is 12.8 Å². The lowest BCUT2D eigenvalue weighted by Crippen LogP contribution is -2.32. The van der Waals surface area contributed by atoms with Crippen LogP contribution in [-0.4, -0.2) is 30.8 Å². The molecule has 6 nitrogen and oxygen atoms in total. The minimum atomic E-state index is -0.973. The summed E-state index contributed by atoms with van der Waals surface area (Å²) in [5.74, 6) is -3.10. The SMILES string of the molecule is O=C(CCNC(=O)c1ccc(F)cc1F)NCCC(=O)Nc1ccc(Br)cc1. The van der Waals surface area contributed by atoms with Gasteiger partial charge in [0.1, 0.15) is 11.6 Å². The molecule has 28 heavy (non-hydrogen) atoms. The molecule has 0 aliphatic rings. The van der Waals surface area contributed by atoms with E-state index < -0.39 is 17.5 Å². The third kappa shape index (κ3) is 7.07. The predicted octanol–water partition coefficient (Wildman–Crippen LogP) is 2.99. The van der Waals surface area contributed by atoms with Crippen LogP contribution in [0, 0.1) is 11.6 Å². The lowest BCUT2D eigenvalue weighted by Gasteiger charge is -2.08. The maximum atomic E-state index is 13.5. The maximum Gasteiger partial charge on any atom is 0.254 e. The second kappa shape index (κ2) is 10.5. The summed E-state index contributed by atoms with van der Waals surface area (Å²) in [6.45, 7) is 0.119. The minimum Gasteiger partial charge on any atom is -0.356 e. The number of hydrogen-bond donors (Lipinski definition) is 3. The van der Waals surface area contributed by atoms with E-state index in [4.69, 9.17) is 0 Å². The molecular formula is C19H18BrF2N3O3. The zero-order valence-corrected chi connectivity index (χ0v) is 16.3. The monoisotopic (exact) mass is 453 g/mol. The Kier molecular flexibility index (Phi) is 8.06. The zero-order chi connectivity index (χ0) is 20.5. The molecule has 2 rings (SSSR count). The predicted molar refractivity (Wildman–Crippen MR) is 104 cm³/mol. The number of rotatable bonds is 8. The smallest absolute Gasteiger partial charge is 0.254 e. The van der Waals surface area contributed by atoms with Crippen LogP contribution in [-0.2, 0) is 9.59 Å². The Balaban J connectivity index is 1.63. The zero-order valence-electron chi connectivity index (χ0n) is 14.7. The third-order valence-electron chi connectivity index (χ3n) is 3.62. The fourth-order valence-electron chi connectivity index (χ4n) is 2.22. The number of halogens is 3. The van der Waals surface area contributed by atoms with Gasteiger partial charge in [-0.05, 0) is 36.4 Å². The van der Waals surface area contributed by atoms with Gasteiger partial charge < -0.3 is 16.0 Å². The summed E-state index contributed by atoms with van der Waals surface area (Å²) < 4.78 is 27.2. The topological polar surface area (TPSA) is 87.3 Å². The summed E-state index contributed by atoms with van der Waals surface area (Å²) in [7, 11) is 0. The van der Waals surface area contributed by atoms with Crippen LogP contribution >= 0.6 is 15.9 Å². The Morgan fingerprint density at radius 2 is 1.50 bits per heavy atom. The molecule has 0 heterocycles. The van der Waals surface area contributed by atoms with Gasteiger partial charge in [0, 0.05) is 42.2 Å². The van der Waals surface area contributed by atoms with Crippen molar-refractivity contribution in [2.75, 3.05) is 18.4 Å². The number of anilines is 1. The molecule has 0 atom stereocenters. The fourth-order valence-corrected chi connectivity index (χ4v) is 2.48. The molecule has 2 aromatic carbocycles. The number of benzene rings is 2. The molecular weight excluding hydrogens is 436 g/mol. The highest BCUT2D eigenvalue weighted by molar-refractivity contribution is 9.10. The summed E-state index contributed by atoms with van der Waals surface area (Å²) in [6, 6.07) is 9.70. The van der Waals surface area contributed by atoms with Gasteiger partial charge in [0.15, 0.2) is 0 Å². The molecule has 2 aromatic rings. The molecule has 0 unspecified atom stereocenters. The summed E-state index contributed by atoms with van der Waals surface area (Å²) in [4.78, 5) is 35.3. The van der Waals surface area contributed by atoms with Crippen molar-refractivity contribution >= 4 is 39.3 Å². The Hall–Kier alpha value is -2.81. The third-order valence-corrected chi connectivity index (χ3v) is 4.14. The van der Waals surface area contributed by atoms with E-state index in [0.717, 1.165) is 16.6 Å². The first kappa shape index (κ1) is 21.5. The van der Waals surface area contributed by atoms with E-state index in [1.165, 1.54) is 0 Å². The lowest BCUT2D eigenvalue weighted by atomic mass is 10.2. The van der Waals surface area contributed by atoms with Gasteiger partial charge in [0.05, 0.1) is 5.56 Å². The van der Waals surface area contributed by atoms with Crippen LogP contribution in [0.25, 0.3) is 0 Å². The second-order valence-corrected chi connectivity index (χ2v) is 6.70. The Morgan fingerprint density at radius 3 is 2.18 bits per heavy atom. The normalized spacial score (nSPS) is 10.2. The van der Waals surface area contributed by atoms with Crippen LogP contribution in [0.4, 0.5) is 14.5 Å². The molecule has 0 saturated carbocycles. The lowest BCUT2D eigenvalue weighted by molar-refractivity contribution is -0.121. The van der Waals surface area contributed by atoms with Gasteiger partial charge in [0.2, 0.25) is 11.8 Å². The van der Waals surface area contributed by atoms with E-state index in [0.29, 0.717) is 11.8 Å². The van der Waals surface area contributed by atoms with Crippen molar-refractivity contribution in [3.63, 3.8) is 0 Å². The average molecular weight is 454 g/mol. The highest BCUT2D eigenvalue weighted by Gasteiger charge is 2.12. The van der Waals surface area contributed by atoms with Crippen molar-refractivity contribution in [1.29, 1.82) is 0 Å². The van der Waals surface area contributed by atoms with Gasteiger partial charge in [-0.2, -0.15) is 0 Å². The van der Waals surface area contributed by atoms with Gasteiger partial charge in [-0.15, -0.1) is 0 Å². The van der Waals surface area contributed by atoms with Crippen molar-refractivity contribution in [3.8, 4) is 0 Å². The molecule has 148 valence electrons. The van der Waals surface area contributed by atoms with Crippen LogP contribution in [0.1, 0.15) is 23.2 Å². The van der Waals surface area contributed by atoms with E-state index in [-0.39, 0.29) is 43.3 Å². The van der Waals surface area contributed by atoms with Crippen molar-refractivity contribution < 1.29 is 23.2 Å². The number of carbonyl (C=O) groups excluding carboxylic acids is 3. The van der Waals surface area contributed by atoms with Gasteiger partial charge in [-0.3, -0.25) is 14.4 Å². The van der Waals surface area contributed by atoms with Gasteiger partial charge in [-0.1, -0.05) is 15.9 Å². The van der Waals surface area contributed by atoms with Crippen LogP contribution < -0.4 is 16.0 Å². The first-order valence-corrected chi connectivity index (χ1v) is 9.20. The van der Waals surface area contributed by atoms with Gasteiger partial charge in [0.25, 0.3) is 5.91 Å². The Labute approximate surface area is 168 Å². The Morgan fingerprint density at radius 1 is 0.857 bits per heavy atom. The largest absolute Gasteiger partial charge is 0.356 e. The van der Waals surface area contributed by atoms with E-state index >= 15 is 0 Å². The number of amides is 3. The number of carbonyl (C=O) groups is 3. The molecule has 3 N–H and O–H groups in total. The fraction of sp³-hybridized carbons (Fsp3) is 0.211. The van der Waals surface area contributed by atoms with Crippen molar-refractivity contribution in [1.82, 2.24) is 10.6 Å². The highest BCUT2D eigenvalue weighted by Crippen LogP contribution is 2.14. The molecule has 3 amide bonds. The van der Waals surface area contributed by atoms with Crippen LogP contribution in [0.2, 0.25) is 0 Å². The van der Waals surface area contributed by atoms with Crippen molar-refractivity contribution in [3.05, 3.63) is 64.1 Å². The van der Waals surface area contributed by atoms with Crippen LogP contribution in [0.15, 0.2) is 46.9 Å². The summed E-state index contributed by atoms with van der Waals surface area (Å²) in [5, 5.41) is 7.64. The number of hydrogen-bond acceptors (Lipinski definition) is 3. The molecule has 0 saturated heterocycles. The highest BCUT2D eigenvalue weighted by atomic mass is 79.9. The number of nitrogens with one attached hydrogen (secondary N) is 3. The van der Waals surface area contributed by atoms with Gasteiger partial charge in [-0.25, -0.2) is 8.78 Å². The summed E-state index contributed by atoms with van der Waals surface area (Å²) in [6.07, 6.45) is 0.0534. The minimum absolute atomic E-state index is 0.0213. The molecule has 0 fully saturated rings. The van der Waals surface area contributed by atoms with Gasteiger partial charge >= 0.3 is 0 Å². The first-order valence-electron chi connectivity index (χ1n) is 8.40. The molecule has 0 spiro atoms. The molecule has 0 bridgehead atoms. The van der Waals surface area contributed by atoms with Crippen molar-refractivity contribution in [2.24, 2.45) is 0 Å². The summed E-state index contributed by atoms with van der Waals surface area (Å²) in [5.41, 5.74) is 0.349. The van der Waals surface area contributed by atoms with E-state index in [1.807, 2.05) is 0 Å². The first-order chi connectivity index (χ1) is 13.3. The molecule has 0 radical (unpaired) electrons. The molecule has 0 aliphatic heterocycles. The van der Waals surface area contributed by atoms with Crippen LogP contribution in [0.3, 0.4) is 0 Å². The molecule has 0 aliphatic carbocycles. The maximum absolute atomic E-state index is 13.5. The standard InChI is InChI=1S/C19H18BrF2N3O3/c20-12-1-4-14(5-2-12)25-18(27)8-9-23-17(26)7-10-24-19(28)15-6-3-13(21)11-16(15)22/h1-6,11H,7-10H2,(H,23,26)(H,24,28)(H,25,27). The second-order valence-electron chi connectivity index (χ2n) is 5.79.